The van der Waals surface area contributed by atoms with E-state index >= 15 is 0 Å². The molecular formula is C12H18N4O5. The maximum atomic E-state index is 11.4. The van der Waals surface area contributed by atoms with Gasteiger partial charge in [-0.25, -0.2) is 9.48 Å². The molecule has 1 N–H and O–H groups in total. The van der Waals surface area contributed by atoms with Crippen molar-refractivity contribution >= 4 is 17.5 Å². The summed E-state index contributed by atoms with van der Waals surface area (Å²) in [6.07, 6.45) is -0.990. The standard InChI is InChI=1S/C12H18N4O5/c1-7(2)9-10(16(19)20)11(14(3)13-9)15-4-5-21-8(6-15)12(17)18/h7-8H,4-6H2,1-3H3,(H,17,18). The number of carboxylic acid groups (broad SMARTS) is 1. The van der Waals surface area contributed by atoms with Crippen LogP contribution in [-0.2, 0) is 16.6 Å². The smallest absolute Gasteiger partial charge is 0.334 e. The summed E-state index contributed by atoms with van der Waals surface area (Å²) in [5.41, 5.74) is 0.342. The number of anilines is 1. The molecule has 21 heavy (non-hydrogen) atoms. The van der Waals surface area contributed by atoms with E-state index in [9.17, 15) is 14.9 Å². The van der Waals surface area contributed by atoms with Crippen LogP contribution < -0.4 is 4.90 Å². The van der Waals surface area contributed by atoms with Gasteiger partial charge in [0.25, 0.3) is 0 Å². The second-order valence-electron chi connectivity index (χ2n) is 5.24. The van der Waals surface area contributed by atoms with Gasteiger partial charge in [0.05, 0.1) is 18.1 Å². The van der Waals surface area contributed by atoms with Crippen LogP contribution in [0.1, 0.15) is 25.5 Å². The Morgan fingerprint density at radius 3 is 2.76 bits per heavy atom. The van der Waals surface area contributed by atoms with E-state index in [1.807, 2.05) is 13.8 Å². The van der Waals surface area contributed by atoms with Gasteiger partial charge in [0.15, 0.2) is 6.10 Å². The molecule has 0 amide bonds. The highest BCUT2D eigenvalue weighted by Gasteiger charge is 2.35. The monoisotopic (exact) mass is 298 g/mol. The summed E-state index contributed by atoms with van der Waals surface area (Å²) in [7, 11) is 1.62. The van der Waals surface area contributed by atoms with Crippen LogP contribution in [0.25, 0.3) is 0 Å². The predicted octanol–water partition coefficient (Wildman–Crippen LogP) is 0.742. The minimum absolute atomic E-state index is 0.0569. The lowest BCUT2D eigenvalue weighted by Gasteiger charge is -2.31. The Hall–Kier alpha value is -2.16. The lowest BCUT2D eigenvalue weighted by molar-refractivity contribution is -0.385. The van der Waals surface area contributed by atoms with Crippen LogP contribution >= 0.6 is 0 Å². The molecule has 0 aliphatic carbocycles. The molecule has 1 aromatic heterocycles. The van der Waals surface area contributed by atoms with Gasteiger partial charge in [-0.1, -0.05) is 13.8 Å². The van der Waals surface area contributed by atoms with Gasteiger partial charge in [-0.3, -0.25) is 10.1 Å². The largest absolute Gasteiger partial charge is 0.479 e. The van der Waals surface area contributed by atoms with E-state index in [-0.39, 0.29) is 24.8 Å². The van der Waals surface area contributed by atoms with Crippen LogP contribution in [0, 0.1) is 10.1 Å². The van der Waals surface area contributed by atoms with E-state index in [2.05, 4.69) is 5.10 Å². The average Bonchev–Trinajstić information content (AvgIpc) is 2.76. The average molecular weight is 298 g/mol. The topological polar surface area (TPSA) is 111 Å². The number of rotatable bonds is 4. The molecule has 0 spiro atoms. The molecule has 2 heterocycles. The van der Waals surface area contributed by atoms with E-state index in [1.165, 1.54) is 4.68 Å². The van der Waals surface area contributed by atoms with Crippen LogP contribution in [0.5, 0.6) is 0 Å². The summed E-state index contributed by atoms with van der Waals surface area (Å²) in [4.78, 5) is 23.6. The third-order valence-electron chi connectivity index (χ3n) is 3.39. The summed E-state index contributed by atoms with van der Waals surface area (Å²) in [6.45, 7) is 4.32. The maximum absolute atomic E-state index is 11.4. The molecule has 1 aromatic rings. The summed E-state index contributed by atoms with van der Waals surface area (Å²) >= 11 is 0. The number of morpholine rings is 1. The molecule has 1 aliphatic rings. The Morgan fingerprint density at radius 2 is 2.24 bits per heavy atom. The predicted molar refractivity (Wildman–Crippen MR) is 73.5 cm³/mol. The first-order valence-corrected chi connectivity index (χ1v) is 6.63. The fourth-order valence-electron chi connectivity index (χ4n) is 2.43. The number of aromatic nitrogens is 2. The molecule has 2 rings (SSSR count). The van der Waals surface area contributed by atoms with Crippen LogP contribution in [0.3, 0.4) is 0 Å². The molecule has 0 radical (unpaired) electrons. The number of ether oxygens (including phenoxy) is 1. The number of aliphatic carboxylic acids is 1. The van der Waals surface area contributed by atoms with Crippen molar-refractivity contribution in [1.29, 1.82) is 0 Å². The zero-order chi connectivity index (χ0) is 15.7. The molecule has 116 valence electrons. The summed E-state index contributed by atoms with van der Waals surface area (Å²) < 4.78 is 6.59. The molecule has 1 unspecified atom stereocenters. The second-order valence-corrected chi connectivity index (χ2v) is 5.24. The Labute approximate surface area is 121 Å². The third-order valence-corrected chi connectivity index (χ3v) is 3.39. The van der Waals surface area contributed by atoms with Crippen molar-refractivity contribution < 1.29 is 19.6 Å². The Bertz CT molecular complexity index is 568. The number of carbonyl (C=O) groups is 1. The fraction of sp³-hybridized carbons (Fsp3) is 0.667. The van der Waals surface area contributed by atoms with Crippen LogP contribution in [0.4, 0.5) is 11.5 Å². The van der Waals surface area contributed by atoms with E-state index in [0.717, 1.165) is 0 Å². The van der Waals surface area contributed by atoms with Gasteiger partial charge in [-0.2, -0.15) is 5.10 Å². The number of nitrogens with zero attached hydrogens (tertiary/aromatic N) is 4. The summed E-state index contributed by atoms with van der Waals surface area (Å²) in [6, 6.07) is 0. The number of hydrogen-bond donors (Lipinski definition) is 1. The van der Waals surface area contributed by atoms with Crippen LogP contribution in [0.15, 0.2) is 0 Å². The van der Waals surface area contributed by atoms with Gasteiger partial charge in [-0.05, 0) is 0 Å². The Morgan fingerprint density at radius 1 is 1.57 bits per heavy atom. The van der Waals surface area contributed by atoms with Gasteiger partial charge in [0.2, 0.25) is 5.82 Å². The first-order valence-electron chi connectivity index (χ1n) is 6.63. The SMILES string of the molecule is CC(C)c1nn(C)c(N2CCOC(C(=O)O)C2)c1[N+](=O)[O-]. The number of nitro groups is 1. The molecule has 1 aliphatic heterocycles. The Kier molecular flexibility index (Phi) is 4.12. The molecule has 0 aromatic carbocycles. The van der Waals surface area contributed by atoms with Gasteiger partial charge in [0, 0.05) is 19.5 Å². The highest BCUT2D eigenvalue weighted by Crippen LogP contribution is 2.35. The van der Waals surface area contributed by atoms with Gasteiger partial charge >= 0.3 is 11.7 Å². The van der Waals surface area contributed by atoms with Crippen molar-refractivity contribution in [2.45, 2.75) is 25.9 Å². The minimum Gasteiger partial charge on any atom is -0.479 e. The molecule has 9 heteroatoms. The van der Waals surface area contributed by atoms with Crippen molar-refractivity contribution in [2.75, 3.05) is 24.6 Å². The number of aryl methyl sites for hydroxylation is 1. The number of carboxylic acids is 1. The van der Waals surface area contributed by atoms with Crippen molar-refractivity contribution in [3.63, 3.8) is 0 Å². The molecule has 1 fully saturated rings. The van der Waals surface area contributed by atoms with E-state index < -0.39 is 17.0 Å². The highest BCUT2D eigenvalue weighted by atomic mass is 16.6. The first-order chi connectivity index (χ1) is 9.82. The highest BCUT2D eigenvalue weighted by molar-refractivity contribution is 5.74. The summed E-state index contributed by atoms with van der Waals surface area (Å²) in [5, 5.41) is 24.7. The quantitative estimate of drug-likeness (QED) is 0.644. The first kappa shape index (κ1) is 15.2. The maximum Gasteiger partial charge on any atom is 0.334 e. The van der Waals surface area contributed by atoms with Crippen molar-refractivity contribution in [3.05, 3.63) is 15.8 Å². The molecular weight excluding hydrogens is 280 g/mol. The van der Waals surface area contributed by atoms with Crippen LogP contribution in [0.2, 0.25) is 0 Å². The van der Waals surface area contributed by atoms with Crippen molar-refractivity contribution in [3.8, 4) is 0 Å². The van der Waals surface area contributed by atoms with Crippen molar-refractivity contribution in [1.82, 2.24) is 9.78 Å². The fourth-order valence-corrected chi connectivity index (χ4v) is 2.43. The zero-order valence-corrected chi connectivity index (χ0v) is 12.1. The summed E-state index contributed by atoms with van der Waals surface area (Å²) in [5.74, 6) is -0.839. The lowest BCUT2D eigenvalue weighted by Crippen LogP contribution is -2.47. The van der Waals surface area contributed by atoms with E-state index in [0.29, 0.717) is 18.1 Å². The number of hydrogen-bond acceptors (Lipinski definition) is 6. The van der Waals surface area contributed by atoms with Crippen LogP contribution in [-0.4, -0.2) is 51.6 Å². The normalized spacial score (nSPS) is 19.0. The van der Waals surface area contributed by atoms with Gasteiger partial charge < -0.3 is 14.7 Å². The van der Waals surface area contributed by atoms with Gasteiger partial charge in [0.1, 0.15) is 5.69 Å². The van der Waals surface area contributed by atoms with E-state index in [1.54, 1.807) is 11.9 Å². The Balaban J connectivity index is 2.43. The molecule has 0 bridgehead atoms. The molecule has 1 atom stereocenters. The molecule has 0 saturated carbocycles. The van der Waals surface area contributed by atoms with Gasteiger partial charge in [-0.15, -0.1) is 0 Å². The molecule has 1 saturated heterocycles. The second kappa shape index (κ2) is 5.68. The van der Waals surface area contributed by atoms with E-state index in [4.69, 9.17) is 9.84 Å². The third kappa shape index (κ3) is 2.82. The lowest BCUT2D eigenvalue weighted by atomic mass is 10.1. The van der Waals surface area contributed by atoms with Crippen molar-refractivity contribution in [2.24, 2.45) is 7.05 Å². The minimum atomic E-state index is -1.08. The molecule has 9 nitrogen and oxygen atoms in total. The zero-order valence-electron chi connectivity index (χ0n) is 12.1.